The third kappa shape index (κ3) is 4.86. The van der Waals surface area contributed by atoms with Crippen LogP contribution >= 0.6 is 23.1 Å². The molecule has 0 bridgehead atoms. The van der Waals surface area contributed by atoms with Crippen LogP contribution in [0.4, 0.5) is 0 Å². The van der Waals surface area contributed by atoms with Gasteiger partial charge in [-0.15, -0.1) is 11.8 Å². The molecule has 2 heterocycles. The zero-order valence-corrected chi connectivity index (χ0v) is 15.6. The molecule has 1 aliphatic heterocycles. The van der Waals surface area contributed by atoms with Gasteiger partial charge in [0.05, 0.1) is 5.75 Å². The van der Waals surface area contributed by atoms with Crippen molar-refractivity contribution in [2.75, 3.05) is 18.8 Å². The molecule has 1 unspecified atom stereocenters. The van der Waals surface area contributed by atoms with E-state index in [-0.39, 0.29) is 36.9 Å². The van der Waals surface area contributed by atoms with Gasteiger partial charge in [-0.1, -0.05) is 30.3 Å². The van der Waals surface area contributed by atoms with Crippen LogP contribution in [-0.4, -0.2) is 41.5 Å². The summed E-state index contributed by atoms with van der Waals surface area (Å²) in [6.45, 7) is -0.126. The van der Waals surface area contributed by atoms with Crippen molar-refractivity contribution in [1.29, 1.82) is 0 Å². The Morgan fingerprint density at radius 2 is 2.04 bits per heavy atom. The van der Waals surface area contributed by atoms with E-state index in [1.165, 1.54) is 16.7 Å². The van der Waals surface area contributed by atoms with Crippen LogP contribution in [0.15, 0.2) is 47.2 Å². The first-order chi connectivity index (χ1) is 12.6. The number of carbonyl (C=O) groups is 3. The lowest BCUT2D eigenvalue weighted by molar-refractivity contribution is -0.145. The van der Waals surface area contributed by atoms with Crippen molar-refractivity contribution >= 4 is 40.9 Å². The van der Waals surface area contributed by atoms with Gasteiger partial charge >= 0.3 is 5.97 Å². The van der Waals surface area contributed by atoms with Gasteiger partial charge in [-0.3, -0.25) is 14.4 Å². The van der Waals surface area contributed by atoms with Crippen molar-refractivity contribution in [2.45, 2.75) is 12.0 Å². The highest BCUT2D eigenvalue weighted by atomic mass is 32.2. The second-order valence-corrected chi connectivity index (χ2v) is 7.51. The lowest BCUT2D eigenvalue weighted by Gasteiger charge is -2.22. The summed E-state index contributed by atoms with van der Waals surface area (Å²) in [6.07, 6.45) is 0. The number of carbonyl (C=O) groups excluding carboxylic acids is 3. The predicted molar refractivity (Wildman–Crippen MR) is 100 cm³/mol. The molecular formula is C18H18N2O4S2. The molecular weight excluding hydrogens is 372 g/mol. The first-order valence-corrected chi connectivity index (χ1v) is 10.0. The van der Waals surface area contributed by atoms with E-state index in [4.69, 9.17) is 4.74 Å². The Hall–Kier alpha value is -2.32. The highest BCUT2D eigenvalue weighted by Crippen LogP contribution is 2.38. The van der Waals surface area contributed by atoms with Crippen molar-refractivity contribution in [3.05, 3.63) is 58.3 Å². The predicted octanol–water partition coefficient (Wildman–Crippen LogP) is 2.18. The molecule has 26 heavy (non-hydrogen) atoms. The topological polar surface area (TPSA) is 75.7 Å². The molecule has 6 nitrogen and oxygen atoms in total. The van der Waals surface area contributed by atoms with E-state index in [0.29, 0.717) is 5.75 Å². The first-order valence-electron chi connectivity index (χ1n) is 8.03. The molecule has 8 heteroatoms. The summed E-state index contributed by atoms with van der Waals surface area (Å²) in [5.41, 5.74) is 1.89. The molecule has 1 aliphatic rings. The minimum Gasteiger partial charge on any atom is -0.460 e. The Morgan fingerprint density at radius 3 is 2.77 bits per heavy atom. The lowest BCUT2D eigenvalue weighted by Crippen LogP contribution is -2.41. The van der Waals surface area contributed by atoms with E-state index in [1.807, 2.05) is 47.2 Å². The average molecular weight is 390 g/mol. The van der Waals surface area contributed by atoms with Crippen molar-refractivity contribution < 1.29 is 19.1 Å². The summed E-state index contributed by atoms with van der Waals surface area (Å²) < 4.78 is 5.11. The number of ether oxygens (including phenoxy) is 1. The molecule has 0 radical (unpaired) electrons. The number of amides is 2. The van der Waals surface area contributed by atoms with Crippen LogP contribution in [0.3, 0.4) is 0 Å². The highest BCUT2D eigenvalue weighted by Gasteiger charge is 2.34. The number of hydrogen-bond acceptors (Lipinski definition) is 6. The second-order valence-electron chi connectivity index (χ2n) is 5.66. The van der Waals surface area contributed by atoms with Gasteiger partial charge in [-0.05, 0) is 28.0 Å². The van der Waals surface area contributed by atoms with Crippen LogP contribution in [0.2, 0.25) is 0 Å². The molecule has 2 amide bonds. The van der Waals surface area contributed by atoms with Crippen molar-refractivity contribution in [3.63, 3.8) is 0 Å². The molecule has 1 aromatic heterocycles. The molecule has 3 rings (SSSR count). The number of thioether (sulfide) groups is 1. The van der Waals surface area contributed by atoms with Crippen LogP contribution in [0.5, 0.6) is 0 Å². The maximum atomic E-state index is 12.1. The molecule has 0 aliphatic carbocycles. The maximum absolute atomic E-state index is 12.1. The van der Waals surface area contributed by atoms with Gasteiger partial charge in [0.15, 0.2) is 0 Å². The minimum atomic E-state index is -0.515. The highest BCUT2D eigenvalue weighted by molar-refractivity contribution is 8.00. The number of nitrogens with zero attached hydrogens (tertiary/aromatic N) is 1. The number of benzene rings is 1. The third-order valence-electron chi connectivity index (χ3n) is 3.78. The summed E-state index contributed by atoms with van der Waals surface area (Å²) in [7, 11) is 0. The van der Waals surface area contributed by atoms with Gasteiger partial charge < -0.3 is 15.0 Å². The normalized spacial score (nSPS) is 16.5. The summed E-state index contributed by atoms with van der Waals surface area (Å²) in [5.74, 6) is -0.614. The van der Waals surface area contributed by atoms with E-state index >= 15 is 0 Å². The Balaban J connectivity index is 1.44. The van der Waals surface area contributed by atoms with Gasteiger partial charge in [0.2, 0.25) is 11.8 Å². The maximum Gasteiger partial charge on any atom is 0.325 e. The monoisotopic (exact) mass is 390 g/mol. The Kier molecular flexibility index (Phi) is 6.30. The quantitative estimate of drug-likeness (QED) is 0.734. The first kappa shape index (κ1) is 18.5. The SMILES string of the molecule is O=C(CN1C(=O)CSC1c1ccsc1)NCC(=O)OCc1ccccc1. The minimum absolute atomic E-state index is 0.0711. The van der Waals surface area contributed by atoms with Crippen LogP contribution in [0, 0.1) is 0 Å². The number of esters is 1. The van der Waals surface area contributed by atoms with Crippen LogP contribution in [0.25, 0.3) is 0 Å². The molecule has 2 aromatic rings. The summed E-state index contributed by atoms with van der Waals surface area (Å²) in [4.78, 5) is 37.5. The number of rotatable bonds is 7. The van der Waals surface area contributed by atoms with Gasteiger partial charge in [0.25, 0.3) is 0 Å². The van der Waals surface area contributed by atoms with Crippen LogP contribution in [0.1, 0.15) is 16.5 Å². The summed E-state index contributed by atoms with van der Waals surface area (Å²) in [5, 5.41) is 6.29. The fourth-order valence-corrected chi connectivity index (χ4v) is 4.43. The smallest absolute Gasteiger partial charge is 0.325 e. The van der Waals surface area contributed by atoms with Gasteiger partial charge in [-0.25, -0.2) is 0 Å². The molecule has 1 atom stereocenters. The van der Waals surface area contributed by atoms with Crippen molar-refractivity contribution in [3.8, 4) is 0 Å². The van der Waals surface area contributed by atoms with Gasteiger partial charge in [0, 0.05) is 0 Å². The molecule has 1 fully saturated rings. The molecule has 1 N–H and O–H groups in total. The molecule has 1 saturated heterocycles. The molecule has 0 saturated carbocycles. The largest absolute Gasteiger partial charge is 0.460 e. The molecule has 0 spiro atoms. The fourth-order valence-electron chi connectivity index (χ4n) is 2.49. The third-order valence-corrected chi connectivity index (χ3v) is 5.74. The van der Waals surface area contributed by atoms with E-state index < -0.39 is 5.97 Å². The molecule has 136 valence electrons. The molecule has 1 aromatic carbocycles. The average Bonchev–Trinajstić information content (AvgIpc) is 3.30. The zero-order valence-electron chi connectivity index (χ0n) is 13.9. The van der Waals surface area contributed by atoms with E-state index in [1.54, 1.807) is 11.3 Å². The number of thiophene rings is 1. The second kappa shape index (κ2) is 8.86. The van der Waals surface area contributed by atoms with Gasteiger partial charge in [0.1, 0.15) is 25.1 Å². The Morgan fingerprint density at radius 1 is 1.23 bits per heavy atom. The number of hydrogen-bond donors (Lipinski definition) is 1. The van der Waals surface area contributed by atoms with Crippen molar-refractivity contribution in [1.82, 2.24) is 10.2 Å². The zero-order chi connectivity index (χ0) is 18.4. The van der Waals surface area contributed by atoms with Crippen LogP contribution < -0.4 is 5.32 Å². The lowest BCUT2D eigenvalue weighted by atomic mass is 10.2. The van der Waals surface area contributed by atoms with Gasteiger partial charge in [-0.2, -0.15) is 11.3 Å². The van der Waals surface area contributed by atoms with E-state index in [2.05, 4.69) is 5.32 Å². The Bertz CT molecular complexity index is 765. The summed E-state index contributed by atoms with van der Waals surface area (Å²) >= 11 is 3.05. The van der Waals surface area contributed by atoms with Crippen molar-refractivity contribution in [2.24, 2.45) is 0 Å². The van der Waals surface area contributed by atoms with Crippen LogP contribution in [-0.2, 0) is 25.7 Å². The standard InChI is InChI=1S/C18H18N2O4S2/c21-15(19-8-17(23)24-10-13-4-2-1-3-5-13)9-20-16(22)12-26-18(20)14-6-7-25-11-14/h1-7,11,18H,8-10,12H2,(H,19,21). The summed E-state index contributed by atoms with van der Waals surface area (Å²) in [6, 6.07) is 11.3. The fraction of sp³-hybridized carbons (Fsp3) is 0.278. The van der Waals surface area contributed by atoms with E-state index in [0.717, 1.165) is 11.1 Å². The Labute approximate surface area is 159 Å². The van der Waals surface area contributed by atoms with E-state index in [9.17, 15) is 14.4 Å². The number of nitrogens with one attached hydrogen (secondary N) is 1.